The Hall–Kier alpha value is -2.28. The quantitative estimate of drug-likeness (QED) is 0.641. The monoisotopic (exact) mass is 420 g/mol. The molecule has 1 N–H and O–H groups in total. The van der Waals surface area contributed by atoms with Gasteiger partial charge < -0.3 is 9.84 Å². The number of carboxylic acid groups (broad SMARTS) is 1. The van der Waals surface area contributed by atoms with Crippen LogP contribution in [0, 0.1) is 0 Å². The standard InChI is InChI=1S/C13H7F11O3/c14-9(15,5-27-7-3-1-6(2-4-7)8(25)26)10(16,17)11(18,19)12(20,21)13(22,23)24/h1-4H,5H2,(H,25,26). The summed E-state index contributed by atoms with van der Waals surface area (Å²) in [5.41, 5.74) is -0.407. The summed E-state index contributed by atoms with van der Waals surface area (Å²) in [6, 6.07) is 2.75. The molecule has 1 aromatic rings. The van der Waals surface area contributed by atoms with Crippen molar-refractivity contribution in [1.82, 2.24) is 0 Å². The van der Waals surface area contributed by atoms with Crippen LogP contribution in [-0.4, -0.2) is 47.5 Å². The van der Waals surface area contributed by atoms with Gasteiger partial charge >= 0.3 is 35.8 Å². The lowest BCUT2D eigenvalue weighted by atomic mass is 9.98. The Bertz CT molecular complexity index is 680. The SMILES string of the molecule is O=C(O)c1ccc(OCC(F)(F)C(F)(F)C(F)(F)C(F)(F)C(F)(F)F)cc1. The summed E-state index contributed by atoms with van der Waals surface area (Å²) in [6.45, 7) is -2.70. The van der Waals surface area contributed by atoms with E-state index in [9.17, 15) is 53.1 Å². The molecule has 154 valence electrons. The minimum atomic E-state index is -7.50. The molecule has 0 bridgehead atoms. The summed E-state index contributed by atoms with van der Waals surface area (Å²) in [5, 5.41) is 8.57. The molecule has 0 radical (unpaired) electrons. The van der Waals surface area contributed by atoms with Crippen molar-refractivity contribution in [2.45, 2.75) is 29.9 Å². The lowest BCUT2D eigenvalue weighted by Gasteiger charge is -2.37. The van der Waals surface area contributed by atoms with E-state index in [1.54, 1.807) is 0 Å². The fourth-order valence-electron chi connectivity index (χ4n) is 1.56. The molecule has 3 nitrogen and oxygen atoms in total. The van der Waals surface area contributed by atoms with Gasteiger partial charge in [0.1, 0.15) is 5.75 Å². The third kappa shape index (κ3) is 3.88. The molecule has 1 aromatic carbocycles. The largest absolute Gasteiger partial charge is 0.487 e. The van der Waals surface area contributed by atoms with E-state index in [1.165, 1.54) is 0 Å². The van der Waals surface area contributed by atoms with Crippen LogP contribution in [0.4, 0.5) is 48.3 Å². The molecule has 0 saturated heterocycles. The maximum atomic E-state index is 13.4. The molecule has 0 heterocycles. The Morgan fingerprint density at radius 1 is 0.778 bits per heavy atom. The van der Waals surface area contributed by atoms with E-state index in [0.717, 1.165) is 12.1 Å². The van der Waals surface area contributed by atoms with Crippen molar-refractivity contribution in [3.8, 4) is 5.75 Å². The number of aromatic carboxylic acids is 1. The normalized spacial score (nSPS) is 14.2. The highest BCUT2D eigenvalue weighted by Crippen LogP contribution is 2.57. The highest BCUT2D eigenvalue weighted by molar-refractivity contribution is 5.87. The van der Waals surface area contributed by atoms with Gasteiger partial charge in [-0.25, -0.2) is 4.79 Å². The summed E-state index contributed by atoms with van der Waals surface area (Å²) < 4.78 is 144. The number of alkyl halides is 11. The maximum absolute atomic E-state index is 13.4. The molecule has 0 atom stereocenters. The lowest BCUT2D eigenvalue weighted by Crippen LogP contribution is -2.67. The first-order chi connectivity index (χ1) is 11.9. The van der Waals surface area contributed by atoms with Gasteiger partial charge in [-0.2, -0.15) is 48.3 Å². The van der Waals surface area contributed by atoms with Crippen molar-refractivity contribution >= 4 is 5.97 Å². The zero-order valence-corrected chi connectivity index (χ0v) is 12.4. The molecule has 27 heavy (non-hydrogen) atoms. The van der Waals surface area contributed by atoms with Gasteiger partial charge in [0.2, 0.25) is 0 Å². The minimum Gasteiger partial charge on any atom is -0.487 e. The van der Waals surface area contributed by atoms with E-state index >= 15 is 0 Å². The summed E-state index contributed by atoms with van der Waals surface area (Å²) in [6.07, 6.45) is -7.23. The van der Waals surface area contributed by atoms with E-state index < -0.39 is 53.8 Å². The van der Waals surface area contributed by atoms with Crippen molar-refractivity contribution < 1.29 is 62.9 Å². The molecular formula is C13H7F11O3. The van der Waals surface area contributed by atoms with E-state index in [0.29, 0.717) is 12.1 Å². The van der Waals surface area contributed by atoms with Crippen LogP contribution in [0.1, 0.15) is 10.4 Å². The summed E-state index contributed by atoms with van der Waals surface area (Å²) in [4.78, 5) is 10.5. The number of hydrogen-bond acceptors (Lipinski definition) is 2. The molecule has 14 heteroatoms. The lowest BCUT2D eigenvalue weighted by molar-refractivity contribution is -0.423. The van der Waals surface area contributed by atoms with Gasteiger partial charge in [-0.05, 0) is 24.3 Å². The van der Waals surface area contributed by atoms with Crippen molar-refractivity contribution in [3.63, 3.8) is 0 Å². The first-order valence-electron chi connectivity index (χ1n) is 6.42. The minimum absolute atomic E-state index is 0.407. The average molecular weight is 420 g/mol. The van der Waals surface area contributed by atoms with Crippen molar-refractivity contribution in [2.75, 3.05) is 6.61 Å². The Balaban J connectivity index is 3.08. The predicted octanol–water partition coefficient (Wildman–Crippen LogP) is 4.87. The van der Waals surface area contributed by atoms with Crippen LogP contribution in [0.2, 0.25) is 0 Å². The summed E-state index contributed by atoms with van der Waals surface area (Å²) in [7, 11) is 0. The second kappa shape index (κ2) is 6.71. The van der Waals surface area contributed by atoms with E-state index in [4.69, 9.17) is 5.11 Å². The maximum Gasteiger partial charge on any atom is 0.460 e. The zero-order chi connectivity index (χ0) is 21.5. The Kier molecular flexibility index (Phi) is 5.66. The van der Waals surface area contributed by atoms with Crippen LogP contribution in [0.5, 0.6) is 5.75 Å². The number of hydrogen-bond donors (Lipinski definition) is 1. The molecule has 0 unspecified atom stereocenters. The molecule has 0 aliphatic rings. The summed E-state index contributed by atoms with van der Waals surface area (Å²) in [5.74, 6) is -30.5. The Labute approximate surface area is 142 Å². The molecule has 0 amide bonds. The van der Waals surface area contributed by atoms with Gasteiger partial charge in [0, 0.05) is 0 Å². The molecule has 0 aliphatic heterocycles. The topological polar surface area (TPSA) is 46.5 Å². The molecular weight excluding hydrogens is 413 g/mol. The van der Waals surface area contributed by atoms with Crippen LogP contribution in [0.25, 0.3) is 0 Å². The number of carbonyl (C=O) groups is 1. The molecule has 1 rings (SSSR count). The van der Waals surface area contributed by atoms with Gasteiger partial charge in [0.25, 0.3) is 0 Å². The second-order valence-electron chi connectivity index (χ2n) is 5.04. The smallest absolute Gasteiger partial charge is 0.460 e. The fraction of sp³-hybridized carbons (Fsp3) is 0.462. The highest BCUT2D eigenvalue weighted by atomic mass is 19.4. The molecule has 0 fully saturated rings. The first-order valence-corrected chi connectivity index (χ1v) is 6.42. The van der Waals surface area contributed by atoms with Crippen LogP contribution in [0.3, 0.4) is 0 Å². The van der Waals surface area contributed by atoms with Crippen molar-refractivity contribution in [3.05, 3.63) is 29.8 Å². The van der Waals surface area contributed by atoms with Crippen molar-refractivity contribution in [2.24, 2.45) is 0 Å². The third-order valence-corrected chi connectivity index (χ3v) is 3.13. The Morgan fingerprint density at radius 3 is 1.59 bits per heavy atom. The first kappa shape index (κ1) is 22.8. The molecule has 0 aromatic heterocycles. The van der Waals surface area contributed by atoms with Gasteiger partial charge in [-0.1, -0.05) is 0 Å². The number of benzene rings is 1. The molecule has 0 saturated carbocycles. The van der Waals surface area contributed by atoms with E-state index in [1.807, 2.05) is 0 Å². The average Bonchev–Trinajstić information content (AvgIpc) is 2.51. The summed E-state index contributed by atoms with van der Waals surface area (Å²) >= 11 is 0. The molecule has 0 spiro atoms. The highest BCUT2D eigenvalue weighted by Gasteiger charge is 2.87. The second-order valence-corrected chi connectivity index (χ2v) is 5.04. The van der Waals surface area contributed by atoms with Gasteiger partial charge in [0.15, 0.2) is 6.61 Å². The van der Waals surface area contributed by atoms with Gasteiger partial charge in [-0.15, -0.1) is 0 Å². The van der Waals surface area contributed by atoms with Crippen LogP contribution in [0.15, 0.2) is 24.3 Å². The number of ether oxygens (including phenoxy) is 1. The van der Waals surface area contributed by atoms with Crippen LogP contribution < -0.4 is 4.74 Å². The van der Waals surface area contributed by atoms with E-state index in [2.05, 4.69) is 4.74 Å². The third-order valence-electron chi connectivity index (χ3n) is 3.13. The van der Waals surface area contributed by atoms with Crippen LogP contribution >= 0.6 is 0 Å². The Morgan fingerprint density at radius 2 is 1.22 bits per heavy atom. The number of carboxylic acids is 1. The van der Waals surface area contributed by atoms with Gasteiger partial charge in [-0.3, -0.25) is 0 Å². The zero-order valence-electron chi connectivity index (χ0n) is 12.4. The van der Waals surface area contributed by atoms with Crippen LogP contribution in [-0.2, 0) is 0 Å². The molecule has 0 aliphatic carbocycles. The van der Waals surface area contributed by atoms with E-state index in [-0.39, 0.29) is 0 Å². The number of rotatable bonds is 7. The predicted molar refractivity (Wildman–Crippen MR) is 64.7 cm³/mol. The van der Waals surface area contributed by atoms with Gasteiger partial charge in [0.05, 0.1) is 5.56 Å². The van der Waals surface area contributed by atoms with Crippen molar-refractivity contribution in [1.29, 1.82) is 0 Å². The fourth-order valence-corrected chi connectivity index (χ4v) is 1.56. The number of halogens is 11.